The lowest BCUT2D eigenvalue weighted by atomic mass is 10.0. The van der Waals surface area contributed by atoms with Gasteiger partial charge in [-0.05, 0) is 48.1 Å². The molecule has 164 valence electrons. The Hall–Kier alpha value is -2.90. The number of aromatic nitrogens is 2. The first-order chi connectivity index (χ1) is 15.5. The Labute approximate surface area is 195 Å². The number of rotatable bonds is 7. The van der Waals surface area contributed by atoms with Crippen LogP contribution >= 0.6 is 23.1 Å². The zero-order chi connectivity index (χ0) is 22.7. The zero-order valence-electron chi connectivity index (χ0n) is 18.2. The fourth-order valence-electron chi connectivity index (χ4n) is 3.62. The number of carbonyl (C=O) groups excluding carboxylic acids is 1. The summed E-state index contributed by atoms with van der Waals surface area (Å²) in [6, 6.07) is 19.1. The summed E-state index contributed by atoms with van der Waals surface area (Å²) in [5.74, 6) is 0.309. The van der Waals surface area contributed by atoms with Crippen LogP contribution in [0.4, 0.5) is 0 Å². The van der Waals surface area contributed by atoms with E-state index in [1.54, 1.807) is 22.0 Å². The Morgan fingerprint density at radius 2 is 1.81 bits per heavy atom. The van der Waals surface area contributed by atoms with Crippen molar-refractivity contribution >= 4 is 39.9 Å². The average Bonchev–Trinajstić information content (AvgIpc) is 3.33. The minimum atomic E-state index is -0.126. The average molecular weight is 464 g/mol. The molecule has 1 amide bonds. The van der Waals surface area contributed by atoms with E-state index in [4.69, 9.17) is 4.98 Å². The van der Waals surface area contributed by atoms with Crippen molar-refractivity contribution in [3.05, 3.63) is 86.8 Å². The van der Waals surface area contributed by atoms with Gasteiger partial charge in [0.2, 0.25) is 5.91 Å². The number of carbonyl (C=O) groups is 1. The minimum absolute atomic E-state index is 0.0588. The van der Waals surface area contributed by atoms with Gasteiger partial charge in [-0.1, -0.05) is 62.0 Å². The van der Waals surface area contributed by atoms with Gasteiger partial charge in [0.25, 0.3) is 5.56 Å². The Morgan fingerprint density at radius 3 is 2.56 bits per heavy atom. The van der Waals surface area contributed by atoms with Crippen LogP contribution in [-0.2, 0) is 4.79 Å². The molecular formula is C25H25N3O2S2. The maximum absolute atomic E-state index is 13.5. The Bertz CT molecular complexity index is 1300. The monoisotopic (exact) mass is 463 g/mol. The van der Waals surface area contributed by atoms with Crippen molar-refractivity contribution < 1.29 is 4.79 Å². The molecule has 0 fully saturated rings. The van der Waals surface area contributed by atoms with E-state index < -0.39 is 0 Å². The zero-order valence-corrected chi connectivity index (χ0v) is 19.9. The van der Waals surface area contributed by atoms with E-state index in [0.29, 0.717) is 16.1 Å². The number of benzene rings is 2. The van der Waals surface area contributed by atoms with Gasteiger partial charge >= 0.3 is 0 Å². The van der Waals surface area contributed by atoms with Crippen LogP contribution < -0.4 is 10.9 Å². The fraction of sp³-hybridized carbons (Fsp3) is 0.240. The third-order valence-electron chi connectivity index (χ3n) is 5.22. The van der Waals surface area contributed by atoms with Crippen molar-refractivity contribution in [3.8, 4) is 5.69 Å². The highest BCUT2D eigenvalue weighted by Crippen LogP contribution is 2.27. The first-order valence-corrected chi connectivity index (χ1v) is 12.4. The van der Waals surface area contributed by atoms with Crippen LogP contribution in [0, 0.1) is 0 Å². The van der Waals surface area contributed by atoms with Crippen molar-refractivity contribution in [1.29, 1.82) is 0 Å². The second-order valence-electron chi connectivity index (χ2n) is 7.86. The number of fused-ring (bicyclic) bond motifs is 1. The summed E-state index contributed by atoms with van der Waals surface area (Å²) in [6.07, 6.45) is 0. The maximum atomic E-state index is 13.5. The summed E-state index contributed by atoms with van der Waals surface area (Å²) in [4.78, 5) is 32.0. The van der Waals surface area contributed by atoms with Gasteiger partial charge in [0.1, 0.15) is 0 Å². The minimum Gasteiger partial charge on any atom is -0.348 e. The molecule has 1 atom stereocenters. The van der Waals surface area contributed by atoms with Crippen molar-refractivity contribution in [2.24, 2.45) is 0 Å². The Morgan fingerprint density at radius 1 is 1.06 bits per heavy atom. The van der Waals surface area contributed by atoms with Crippen LogP contribution in [-0.4, -0.2) is 21.2 Å². The molecule has 4 aromatic rings. The van der Waals surface area contributed by atoms with Gasteiger partial charge in [-0.2, -0.15) is 0 Å². The van der Waals surface area contributed by atoms with Gasteiger partial charge in [0.15, 0.2) is 5.16 Å². The second kappa shape index (κ2) is 9.71. The van der Waals surface area contributed by atoms with Gasteiger partial charge in [-0.25, -0.2) is 4.98 Å². The standard InChI is InChI=1S/C25H25N3O2S2/c1-16(2)18-9-5-7-12-21(18)28-24(30)19-10-4-6-11-20(19)27-25(28)32-15-23(29)26-17(3)22-13-8-14-31-22/h4-14,16-17H,15H2,1-3H3,(H,26,29). The molecule has 0 radical (unpaired) electrons. The number of nitrogens with zero attached hydrogens (tertiary/aromatic N) is 2. The van der Waals surface area contributed by atoms with Crippen LogP contribution in [0.3, 0.4) is 0 Å². The number of thiophene rings is 1. The Kier molecular flexibility index (Phi) is 6.77. The molecule has 7 heteroatoms. The SMILES string of the molecule is CC(C)c1ccccc1-n1c(SCC(=O)NC(C)c2cccs2)nc2ccccc2c1=O. The molecule has 0 aliphatic carbocycles. The second-order valence-corrected chi connectivity index (χ2v) is 9.78. The number of amides is 1. The third-order valence-corrected chi connectivity index (χ3v) is 7.22. The first-order valence-electron chi connectivity index (χ1n) is 10.5. The van der Waals surface area contributed by atoms with Crippen molar-refractivity contribution in [1.82, 2.24) is 14.9 Å². The molecule has 1 N–H and O–H groups in total. The molecular weight excluding hydrogens is 438 g/mol. The van der Waals surface area contributed by atoms with Gasteiger partial charge in [0.05, 0.1) is 28.4 Å². The quantitative estimate of drug-likeness (QED) is 0.289. The number of para-hydroxylation sites is 2. The lowest BCUT2D eigenvalue weighted by molar-refractivity contribution is -0.119. The summed E-state index contributed by atoms with van der Waals surface area (Å²) >= 11 is 2.90. The molecule has 4 rings (SSSR count). The smallest absolute Gasteiger partial charge is 0.266 e. The molecule has 1 unspecified atom stereocenters. The summed E-state index contributed by atoms with van der Waals surface area (Å²) in [7, 11) is 0. The highest BCUT2D eigenvalue weighted by molar-refractivity contribution is 7.99. The molecule has 5 nitrogen and oxygen atoms in total. The van der Waals surface area contributed by atoms with Crippen LogP contribution in [0.15, 0.2) is 76.0 Å². The molecule has 0 saturated carbocycles. The molecule has 0 saturated heterocycles. The summed E-state index contributed by atoms with van der Waals surface area (Å²) in [6.45, 7) is 6.17. The number of nitrogens with one attached hydrogen (secondary N) is 1. The predicted octanol–water partition coefficient (Wildman–Crippen LogP) is 5.54. The van der Waals surface area contributed by atoms with E-state index in [-0.39, 0.29) is 29.2 Å². The maximum Gasteiger partial charge on any atom is 0.266 e. The molecule has 32 heavy (non-hydrogen) atoms. The van der Waals surface area contributed by atoms with Gasteiger partial charge < -0.3 is 5.32 Å². The molecule has 2 heterocycles. The van der Waals surface area contributed by atoms with Crippen LogP contribution in [0.25, 0.3) is 16.6 Å². The predicted molar refractivity (Wildman–Crippen MR) is 133 cm³/mol. The van der Waals surface area contributed by atoms with Crippen molar-refractivity contribution in [3.63, 3.8) is 0 Å². The summed E-state index contributed by atoms with van der Waals surface area (Å²) in [5, 5.41) is 6.10. The van der Waals surface area contributed by atoms with E-state index in [1.165, 1.54) is 11.8 Å². The molecule has 2 aromatic carbocycles. The normalized spacial score (nSPS) is 12.2. The van der Waals surface area contributed by atoms with E-state index >= 15 is 0 Å². The summed E-state index contributed by atoms with van der Waals surface area (Å²) in [5.41, 5.74) is 2.37. The summed E-state index contributed by atoms with van der Waals surface area (Å²) < 4.78 is 1.65. The number of hydrogen-bond donors (Lipinski definition) is 1. The molecule has 0 aliphatic rings. The molecule has 0 aliphatic heterocycles. The van der Waals surface area contributed by atoms with E-state index in [9.17, 15) is 9.59 Å². The van der Waals surface area contributed by atoms with E-state index in [2.05, 4.69) is 19.2 Å². The topological polar surface area (TPSA) is 64.0 Å². The fourth-order valence-corrected chi connectivity index (χ4v) is 5.17. The molecule has 0 bridgehead atoms. The first kappa shape index (κ1) is 22.3. The van der Waals surface area contributed by atoms with Crippen molar-refractivity contribution in [2.45, 2.75) is 37.9 Å². The van der Waals surface area contributed by atoms with Gasteiger partial charge in [-0.15, -0.1) is 11.3 Å². The van der Waals surface area contributed by atoms with Gasteiger partial charge in [-0.3, -0.25) is 14.2 Å². The van der Waals surface area contributed by atoms with E-state index in [0.717, 1.165) is 16.1 Å². The van der Waals surface area contributed by atoms with Crippen molar-refractivity contribution in [2.75, 3.05) is 5.75 Å². The van der Waals surface area contributed by atoms with Crippen LogP contribution in [0.1, 0.15) is 43.2 Å². The van der Waals surface area contributed by atoms with Crippen LogP contribution in [0.5, 0.6) is 0 Å². The molecule has 2 aromatic heterocycles. The van der Waals surface area contributed by atoms with Crippen LogP contribution in [0.2, 0.25) is 0 Å². The lowest BCUT2D eigenvalue weighted by Crippen LogP contribution is -2.28. The number of hydrogen-bond acceptors (Lipinski definition) is 5. The Balaban J connectivity index is 1.70. The largest absolute Gasteiger partial charge is 0.348 e. The van der Waals surface area contributed by atoms with E-state index in [1.807, 2.05) is 66.9 Å². The lowest BCUT2D eigenvalue weighted by Gasteiger charge is -2.18. The third kappa shape index (κ3) is 4.64. The molecule has 0 spiro atoms. The van der Waals surface area contributed by atoms with Gasteiger partial charge in [0, 0.05) is 4.88 Å². The highest BCUT2D eigenvalue weighted by Gasteiger charge is 2.18. The highest BCUT2D eigenvalue weighted by atomic mass is 32.2. The number of thioether (sulfide) groups is 1.